The van der Waals surface area contributed by atoms with Gasteiger partial charge < -0.3 is 9.84 Å². The van der Waals surface area contributed by atoms with Crippen molar-refractivity contribution in [3.05, 3.63) is 68.2 Å². The van der Waals surface area contributed by atoms with Crippen LogP contribution in [0.15, 0.2) is 42.5 Å². The molecule has 3 rings (SSSR count). The Bertz CT molecular complexity index is 894. The second-order valence-electron chi connectivity index (χ2n) is 6.64. The van der Waals surface area contributed by atoms with Gasteiger partial charge in [0.25, 0.3) is 5.69 Å². The highest BCUT2D eigenvalue weighted by Gasteiger charge is 2.26. The van der Waals surface area contributed by atoms with Crippen molar-refractivity contribution in [3.63, 3.8) is 0 Å². The van der Waals surface area contributed by atoms with E-state index in [1.165, 1.54) is 24.3 Å². The minimum Gasteiger partial charge on any atom is -0.465 e. The Morgan fingerprint density at radius 1 is 1.24 bits per heavy atom. The molecule has 1 N–H and O–H groups in total. The van der Waals surface area contributed by atoms with Crippen LogP contribution in [0.1, 0.15) is 5.56 Å². The van der Waals surface area contributed by atoms with Gasteiger partial charge in [0.05, 0.1) is 34.2 Å². The minimum atomic E-state index is -1.15. The van der Waals surface area contributed by atoms with Gasteiger partial charge in [-0.15, -0.1) is 0 Å². The third-order valence-electron chi connectivity index (χ3n) is 4.60. The van der Waals surface area contributed by atoms with E-state index in [0.29, 0.717) is 42.0 Å². The molecule has 2 aromatic rings. The zero-order valence-corrected chi connectivity index (χ0v) is 16.8. The van der Waals surface area contributed by atoms with Gasteiger partial charge in [0.1, 0.15) is 0 Å². The van der Waals surface area contributed by atoms with Crippen LogP contribution >= 0.6 is 23.2 Å². The summed E-state index contributed by atoms with van der Waals surface area (Å²) in [5, 5.41) is 21.4. The summed E-state index contributed by atoms with van der Waals surface area (Å²) in [5.41, 5.74) is 1.26. The SMILES string of the molecule is O=C(O)N(C[C@@H]1CN(Cc2ccc(Cl)c(Cl)c2)CCO1)c1ccc([N+](=O)[O-])cc1. The van der Waals surface area contributed by atoms with Gasteiger partial charge >= 0.3 is 6.09 Å². The molecule has 0 saturated carbocycles. The summed E-state index contributed by atoms with van der Waals surface area (Å²) < 4.78 is 5.75. The smallest absolute Gasteiger partial charge is 0.411 e. The highest BCUT2D eigenvalue weighted by Crippen LogP contribution is 2.24. The van der Waals surface area contributed by atoms with Crippen molar-refractivity contribution in [2.45, 2.75) is 12.6 Å². The molecule has 1 amide bonds. The van der Waals surface area contributed by atoms with Gasteiger partial charge in [-0.3, -0.25) is 19.9 Å². The van der Waals surface area contributed by atoms with E-state index in [4.69, 9.17) is 27.9 Å². The number of rotatable bonds is 6. The first-order valence-electron chi connectivity index (χ1n) is 8.86. The number of ether oxygens (including phenoxy) is 1. The number of nitro benzene ring substituents is 1. The quantitative estimate of drug-likeness (QED) is 0.532. The monoisotopic (exact) mass is 439 g/mol. The number of amides is 1. The average molecular weight is 440 g/mol. The van der Waals surface area contributed by atoms with Crippen LogP contribution in [0.25, 0.3) is 0 Å². The Balaban J connectivity index is 1.66. The Hall–Kier alpha value is -2.39. The average Bonchev–Trinajstić information content (AvgIpc) is 2.69. The maximum absolute atomic E-state index is 11.7. The zero-order valence-electron chi connectivity index (χ0n) is 15.3. The van der Waals surface area contributed by atoms with E-state index >= 15 is 0 Å². The van der Waals surface area contributed by atoms with Crippen LogP contribution in [0.2, 0.25) is 10.0 Å². The number of nitro groups is 1. The van der Waals surface area contributed by atoms with Crippen LogP contribution in [0.4, 0.5) is 16.2 Å². The molecule has 0 bridgehead atoms. The van der Waals surface area contributed by atoms with Gasteiger partial charge in [-0.25, -0.2) is 4.79 Å². The number of carboxylic acid groups (broad SMARTS) is 1. The van der Waals surface area contributed by atoms with Crippen molar-refractivity contribution in [2.24, 2.45) is 0 Å². The summed E-state index contributed by atoms with van der Waals surface area (Å²) >= 11 is 12.0. The van der Waals surface area contributed by atoms with E-state index in [0.717, 1.165) is 10.5 Å². The fourth-order valence-corrected chi connectivity index (χ4v) is 3.50. The van der Waals surface area contributed by atoms with Gasteiger partial charge in [-0.1, -0.05) is 29.3 Å². The summed E-state index contributed by atoms with van der Waals surface area (Å²) in [6, 6.07) is 10.9. The summed E-state index contributed by atoms with van der Waals surface area (Å²) in [7, 11) is 0. The largest absolute Gasteiger partial charge is 0.465 e. The molecular weight excluding hydrogens is 421 g/mol. The van der Waals surface area contributed by atoms with Crippen LogP contribution in [0.3, 0.4) is 0 Å². The van der Waals surface area contributed by atoms with Crippen LogP contribution < -0.4 is 4.90 Å². The molecule has 1 saturated heterocycles. The normalized spacial score (nSPS) is 17.1. The van der Waals surface area contributed by atoms with Gasteiger partial charge in [-0.05, 0) is 29.8 Å². The van der Waals surface area contributed by atoms with Gasteiger partial charge in [-0.2, -0.15) is 0 Å². The third-order valence-corrected chi connectivity index (χ3v) is 5.34. The van der Waals surface area contributed by atoms with Gasteiger partial charge in [0.2, 0.25) is 0 Å². The lowest BCUT2D eigenvalue weighted by Crippen LogP contribution is -2.48. The second kappa shape index (κ2) is 9.41. The minimum absolute atomic E-state index is 0.0965. The molecule has 1 heterocycles. The Morgan fingerprint density at radius 2 is 1.97 bits per heavy atom. The molecule has 8 nitrogen and oxygen atoms in total. The molecule has 0 unspecified atom stereocenters. The topological polar surface area (TPSA) is 96.2 Å². The van der Waals surface area contributed by atoms with Crippen molar-refractivity contribution in [2.75, 3.05) is 31.1 Å². The molecular formula is C19H19Cl2N3O5. The molecule has 10 heteroatoms. The van der Waals surface area contributed by atoms with E-state index in [1.54, 1.807) is 6.07 Å². The summed E-state index contributed by atoms with van der Waals surface area (Å²) in [6.45, 7) is 2.48. The molecule has 154 valence electrons. The van der Waals surface area contributed by atoms with E-state index in [9.17, 15) is 20.0 Å². The number of non-ortho nitro benzene ring substituents is 1. The molecule has 1 aliphatic rings. The fourth-order valence-electron chi connectivity index (χ4n) is 3.18. The lowest BCUT2D eigenvalue weighted by molar-refractivity contribution is -0.384. The number of anilines is 1. The second-order valence-corrected chi connectivity index (χ2v) is 7.46. The standard InChI is InChI=1S/C19H19Cl2N3O5/c20-17-6-1-13(9-18(17)21)10-22-7-8-29-16(11-22)12-23(19(25)26)14-2-4-15(5-3-14)24(27)28/h1-6,9,16H,7-8,10-12H2,(H,25,26)/t16-/m0/s1. The van der Waals surface area contributed by atoms with E-state index in [2.05, 4.69) is 4.90 Å². The first kappa shape index (κ1) is 21.3. The zero-order chi connectivity index (χ0) is 21.0. The Labute approximate surface area is 177 Å². The predicted molar refractivity (Wildman–Crippen MR) is 110 cm³/mol. The molecule has 0 spiro atoms. The molecule has 1 aliphatic heterocycles. The molecule has 1 fully saturated rings. The van der Waals surface area contributed by atoms with Crippen molar-refractivity contribution in [3.8, 4) is 0 Å². The van der Waals surface area contributed by atoms with Crippen LogP contribution in [0, 0.1) is 10.1 Å². The molecule has 2 aromatic carbocycles. The lowest BCUT2D eigenvalue weighted by atomic mass is 10.1. The first-order chi connectivity index (χ1) is 13.8. The van der Waals surface area contributed by atoms with Crippen LogP contribution in [0.5, 0.6) is 0 Å². The number of hydrogen-bond donors (Lipinski definition) is 1. The number of carbonyl (C=O) groups is 1. The molecule has 1 atom stereocenters. The first-order valence-corrected chi connectivity index (χ1v) is 9.62. The third kappa shape index (κ3) is 5.57. The van der Waals surface area contributed by atoms with Crippen molar-refractivity contribution >= 4 is 40.7 Å². The van der Waals surface area contributed by atoms with Crippen LogP contribution in [-0.4, -0.2) is 53.4 Å². The highest BCUT2D eigenvalue weighted by molar-refractivity contribution is 6.42. The van der Waals surface area contributed by atoms with E-state index < -0.39 is 11.0 Å². The van der Waals surface area contributed by atoms with E-state index in [-0.39, 0.29) is 18.3 Å². The summed E-state index contributed by atoms with van der Waals surface area (Å²) in [4.78, 5) is 25.3. The summed E-state index contributed by atoms with van der Waals surface area (Å²) in [6.07, 6.45) is -1.48. The molecule has 29 heavy (non-hydrogen) atoms. The number of halogens is 2. The highest BCUT2D eigenvalue weighted by atomic mass is 35.5. The number of nitrogens with zero attached hydrogens (tertiary/aromatic N) is 3. The number of benzene rings is 2. The molecule has 0 radical (unpaired) electrons. The van der Waals surface area contributed by atoms with Crippen molar-refractivity contribution in [1.29, 1.82) is 0 Å². The Kier molecular flexibility index (Phi) is 6.92. The van der Waals surface area contributed by atoms with E-state index in [1.807, 2.05) is 12.1 Å². The van der Waals surface area contributed by atoms with Crippen molar-refractivity contribution in [1.82, 2.24) is 4.90 Å². The van der Waals surface area contributed by atoms with Gasteiger partial charge in [0.15, 0.2) is 0 Å². The van der Waals surface area contributed by atoms with Crippen molar-refractivity contribution < 1.29 is 19.6 Å². The molecule has 0 aliphatic carbocycles. The predicted octanol–water partition coefficient (Wildman–Crippen LogP) is 4.29. The maximum Gasteiger partial charge on any atom is 0.411 e. The fraction of sp³-hybridized carbons (Fsp3) is 0.316. The number of hydrogen-bond acceptors (Lipinski definition) is 5. The Morgan fingerprint density at radius 3 is 2.59 bits per heavy atom. The molecule has 0 aromatic heterocycles. The maximum atomic E-state index is 11.7. The van der Waals surface area contributed by atoms with Gasteiger partial charge in [0, 0.05) is 37.5 Å². The van der Waals surface area contributed by atoms with Crippen LogP contribution in [-0.2, 0) is 11.3 Å². The number of morpholine rings is 1. The lowest BCUT2D eigenvalue weighted by Gasteiger charge is -2.35. The summed E-state index contributed by atoms with van der Waals surface area (Å²) in [5.74, 6) is 0.